The van der Waals surface area contributed by atoms with Crippen LogP contribution in [-0.4, -0.2) is 37.7 Å². The monoisotopic (exact) mass is 488 g/mol. The SMILES string of the molecule is COC(=O)C[C@H](c1ccc(OCc2ccccn2)cc1)c1c(O)cc(C)n(CCc2cnc[nH]2)c1=O. The second-order valence-electron chi connectivity index (χ2n) is 8.38. The first-order valence-electron chi connectivity index (χ1n) is 11.6. The third kappa shape index (κ3) is 5.80. The molecule has 0 unspecified atom stereocenters. The fourth-order valence-electron chi connectivity index (χ4n) is 4.10. The molecule has 36 heavy (non-hydrogen) atoms. The molecule has 0 aliphatic rings. The number of hydrogen-bond acceptors (Lipinski definition) is 7. The minimum atomic E-state index is -0.700. The molecule has 1 aromatic carbocycles. The zero-order valence-electron chi connectivity index (χ0n) is 20.2. The van der Waals surface area contributed by atoms with Crippen LogP contribution in [0.5, 0.6) is 11.5 Å². The van der Waals surface area contributed by atoms with Gasteiger partial charge in [-0.1, -0.05) is 18.2 Å². The minimum absolute atomic E-state index is 0.100. The lowest BCUT2D eigenvalue weighted by Gasteiger charge is -2.21. The number of aromatic nitrogens is 4. The van der Waals surface area contributed by atoms with Gasteiger partial charge in [0.1, 0.15) is 18.1 Å². The van der Waals surface area contributed by atoms with E-state index in [1.54, 1.807) is 60.5 Å². The second-order valence-corrected chi connectivity index (χ2v) is 8.38. The van der Waals surface area contributed by atoms with Crippen molar-refractivity contribution in [1.29, 1.82) is 0 Å². The van der Waals surface area contributed by atoms with Crippen LogP contribution in [0.25, 0.3) is 0 Å². The van der Waals surface area contributed by atoms with Gasteiger partial charge in [-0.2, -0.15) is 0 Å². The summed E-state index contributed by atoms with van der Waals surface area (Å²) in [6.45, 7) is 2.47. The Morgan fingerprint density at radius 3 is 2.67 bits per heavy atom. The van der Waals surface area contributed by atoms with Gasteiger partial charge in [-0.15, -0.1) is 0 Å². The average molecular weight is 489 g/mol. The molecule has 2 N–H and O–H groups in total. The van der Waals surface area contributed by atoms with Crippen LogP contribution in [-0.2, 0) is 29.1 Å². The molecule has 0 amide bonds. The number of aryl methyl sites for hydroxylation is 2. The lowest BCUT2D eigenvalue weighted by molar-refractivity contribution is -0.140. The summed E-state index contributed by atoms with van der Waals surface area (Å²) in [5.41, 5.74) is 2.79. The number of aromatic amines is 1. The maximum absolute atomic E-state index is 13.6. The standard InChI is InChI=1S/C27H28N4O5/c1-18-13-24(32)26(27(34)31(18)12-10-20-15-28-17-30-20)23(14-25(33)35-2)19-6-8-22(9-7-19)36-16-21-5-3-4-11-29-21/h3-9,11,13,15,17,23,32H,10,12,14,16H2,1-2H3,(H,28,30)/t23-/m1/s1. The molecule has 0 fully saturated rings. The van der Waals surface area contributed by atoms with Crippen molar-refractivity contribution in [2.75, 3.05) is 7.11 Å². The highest BCUT2D eigenvalue weighted by Gasteiger charge is 2.26. The molecule has 4 rings (SSSR count). The van der Waals surface area contributed by atoms with Crippen LogP contribution in [0, 0.1) is 6.92 Å². The van der Waals surface area contributed by atoms with Crippen molar-refractivity contribution in [2.45, 2.75) is 38.8 Å². The summed E-state index contributed by atoms with van der Waals surface area (Å²) >= 11 is 0. The molecule has 0 saturated carbocycles. The van der Waals surface area contributed by atoms with Crippen molar-refractivity contribution in [2.24, 2.45) is 0 Å². The molecule has 0 radical (unpaired) electrons. The second kappa shape index (κ2) is 11.4. The molecule has 9 nitrogen and oxygen atoms in total. The van der Waals surface area contributed by atoms with Crippen LogP contribution >= 0.6 is 0 Å². The molecule has 0 aliphatic heterocycles. The van der Waals surface area contributed by atoms with Gasteiger partial charge in [-0.25, -0.2) is 4.98 Å². The molecule has 186 valence electrons. The van der Waals surface area contributed by atoms with Crippen LogP contribution < -0.4 is 10.3 Å². The number of benzene rings is 1. The molecule has 1 atom stereocenters. The van der Waals surface area contributed by atoms with E-state index in [2.05, 4.69) is 15.0 Å². The Hall–Kier alpha value is -4.40. The average Bonchev–Trinajstić information content (AvgIpc) is 3.41. The molecule has 0 aliphatic carbocycles. The Labute approximate surface area is 208 Å². The highest BCUT2D eigenvalue weighted by molar-refractivity contribution is 5.71. The Balaban J connectivity index is 1.63. The Bertz CT molecular complexity index is 1350. The van der Waals surface area contributed by atoms with E-state index in [4.69, 9.17) is 9.47 Å². The van der Waals surface area contributed by atoms with Crippen LogP contribution in [0.4, 0.5) is 0 Å². The van der Waals surface area contributed by atoms with Gasteiger partial charge >= 0.3 is 5.97 Å². The lowest BCUT2D eigenvalue weighted by Crippen LogP contribution is -2.29. The number of imidazole rings is 1. The Morgan fingerprint density at radius 1 is 1.19 bits per heavy atom. The van der Waals surface area contributed by atoms with E-state index in [1.807, 2.05) is 18.2 Å². The van der Waals surface area contributed by atoms with Gasteiger partial charge < -0.3 is 24.1 Å². The van der Waals surface area contributed by atoms with Crippen molar-refractivity contribution in [3.05, 3.63) is 106 Å². The topological polar surface area (TPSA) is 119 Å². The van der Waals surface area contributed by atoms with E-state index >= 15 is 0 Å². The minimum Gasteiger partial charge on any atom is -0.507 e. The van der Waals surface area contributed by atoms with Gasteiger partial charge in [0.25, 0.3) is 5.56 Å². The van der Waals surface area contributed by atoms with Crippen LogP contribution in [0.1, 0.15) is 40.5 Å². The van der Waals surface area contributed by atoms with Crippen molar-refractivity contribution in [3.8, 4) is 11.5 Å². The fourth-order valence-corrected chi connectivity index (χ4v) is 4.10. The number of methoxy groups -OCH3 is 1. The van der Waals surface area contributed by atoms with E-state index in [1.165, 1.54) is 7.11 Å². The van der Waals surface area contributed by atoms with Gasteiger partial charge in [0.15, 0.2) is 0 Å². The highest BCUT2D eigenvalue weighted by atomic mass is 16.5. The number of nitrogens with one attached hydrogen (secondary N) is 1. The largest absolute Gasteiger partial charge is 0.507 e. The maximum Gasteiger partial charge on any atom is 0.306 e. The molecule has 0 bridgehead atoms. The molecule has 4 aromatic rings. The number of hydrogen-bond donors (Lipinski definition) is 2. The number of nitrogens with zero attached hydrogens (tertiary/aromatic N) is 3. The van der Waals surface area contributed by atoms with Crippen molar-refractivity contribution < 1.29 is 19.4 Å². The Kier molecular flexibility index (Phi) is 7.79. The zero-order chi connectivity index (χ0) is 25.5. The van der Waals surface area contributed by atoms with Crippen molar-refractivity contribution >= 4 is 5.97 Å². The number of H-pyrrole nitrogens is 1. The van der Waals surface area contributed by atoms with Gasteiger partial charge in [0.05, 0.1) is 31.1 Å². The number of esters is 1. The van der Waals surface area contributed by atoms with E-state index in [0.717, 1.165) is 11.4 Å². The predicted octanol–water partition coefficient (Wildman–Crippen LogP) is 3.50. The van der Waals surface area contributed by atoms with Crippen molar-refractivity contribution in [3.63, 3.8) is 0 Å². The molecular weight excluding hydrogens is 460 g/mol. The molecule has 3 heterocycles. The van der Waals surface area contributed by atoms with Crippen LogP contribution in [0.15, 0.2) is 72.0 Å². The van der Waals surface area contributed by atoms with Crippen LogP contribution in [0.2, 0.25) is 0 Å². The van der Waals surface area contributed by atoms with Gasteiger partial charge in [-0.3, -0.25) is 14.6 Å². The van der Waals surface area contributed by atoms with E-state index in [9.17, 15) is 14.7 Å². The summed E-state index contributed by atoms with van der Waals surface area (Å²) in [7, 11) is 1.30. The first-order chi connectivity index (χ1) is 17.5. The number of carbonyl (C=O) groups is 1. The third-order valence-corrected chi connectivity index (χ3v) is 6.02. The number of pyridine rings is 2. The van der Waals surface area contributed by atoms with E-state index in [-0.39, 0.29) is 23.3 Å². The highest BCUT2D eigenvalue weighted by Crippen LogP contribution is 2.33. The maximum atomic E-state index is 13.6. The van der Waals surface area contributed by atoms with Crippen molar-refractivity contribution in [1.82, 2.24) is 19.5 Å². The number of aromatic hydroxyl groups is 1. The molecule has 9 heteroatoms. The van der Waals surface area contributed by atoms with Gasteiger partial charge in [-0.05, 0) is 42.8 Å². The first-order valence-corrected chi connectivity index (χ1v) is 11.6. The molecule has 0 spiro atoms. The normalized spacial score (nSPS) is 11.7. The van der Waals surface area contributed by atoms with E-state index < -0.39 is 11.9 Å². The number of carbonyl (C=O) groups excluding carboxylic acids is 1. The summed E-state index contributed by atoms with van der Waals surface area (Å²) in [6.07, 6.45) is 5.46. The number of ether oxygens (including phenoxy) is 2. The van der Waals surface area contributed by atoms with Gasteiger partial charge in [0.2, 0.25) is 0 Å². The first kappa shape index (κ1) is 24.7. The summed E-state index contributed by atoms with van der Waals surface area (Å²) < 4.78 is 12.3. The summed E-state index contributed by atoms with van der Waals surface area (Å²) in [5.74, 6) is -0.723. The number of rotatable bonds is 10. The smallest absolute Gasteiger partial charge is 0.306 e. The summed E-state index contributed by atoms with van der Waals surface area (Å²) in [4.78, 5) is 37.1. The quantitative estimate of drug-likeness (QED) is 0.328. The molecule has 3 aromatic heterocycles. The zero-order valence-corrected chi connectivity index (χ0v) is 20.2. The lowest BCUT2D eigenvalue weighted by atomic mass is 9.88. The van der Waals surface area contributed by atoms with Crippen LogP contribution in [0.3, 0.4) is 0 Å². The van der Waals surface area contributed by atoms with E-state index in [0.29, 0.717) is 36.6 Å². The Morgan fingerprint density at radius 2 is 2.00 bits per heavy atom. The van der Waals surface area contributed by atoms with Gasteiger partial charge in [0, 0.05) is 42.7 Å². The summed E-state index contributed by atoms with van der Waals surface area (Å²) in [5, 5.41) is 10.8. The summed E-state index contributed by atoms with van der Waals surface area (Å²) in [6, 6.07) is 14.3. The molecular formula is C27H28N4O5. The molecule has 0 saturated heterocycles. The predicted molar refractivity (Wildman–Crippen MR) is 133 cm³/mol. The third-order valence-electron chi connectivity index (χ3n) is 6.02. The fraction of sp³-hybridized carbons (Fsp3) is 0.259.